The molecular formula is C22H31ClN2O3. The molecule has 1 N–H and O–H groups in total. The number of amides is 1. The zero-order valence-corrected chi connectivity index (χ0v) is 17.8. The second-order valence-electron chi connectivity index (χ2n) is 7.59. The van der Waals surface area contributed by atoms with Gasteiger partial charge in [0.15, 0.2) is 6.61 Å². The maximum absolute atomic E-state index is 12.3. The molecule has 0 aliphatic carbocycles. The summed E-state index contributed by atoms with van der Waals surface area (Å²) in [5.74, 6) is 3.18. The van der Waals surface area contributed by atoms with Crippen molar-refractivity contribution < 1.29 is 13.9 Å². The molecule has 1 unspecified atom stereocenters. The van der Waals surface area contributed by atoms with Crippen LogP contribution in [-0.4, -0.2) is 37.0 Å². The highest BCUT2D eigenvalue weighted by atomic mass is 35.5. The predicted molar refractivity (Wildman–Crippen MR) is 113 cm³/mol. The summed E-state index contributed by atoms with van der Waals surface area (Å²) in [5.41, 5.74) is 1.11. The van der Waals surface area contributed by atoms with Crippen LogP contribution in [0.3, 0.4) is 0 Å². The third-order valence-corrected chi connectivity index (χ3v) is 5.20. The van der Waals surface area contributed by atoms with Crippen LogP contribution in [0.2, 0.25) is 0 Å². The van der Waals surface area contributed by atoms with Crippen molar-refractivity contribution in [3.8, 4) is 5.75 Å². The van der Waals surface area contributed by atoms with Crippen molar-refractivity contribution in [2.24, 2.45) is 5.92 Å². The molecule has 1 atom stereocenters. The lowest BCUT2D eigenvalue weighted by Crippen LogP contribution is -2.42. The van der Waals surface area contributed by atoms with Crippen molar-refractivity contribution in [3.63, 3.8) is 0 Å². The Labute approximate surface area is 173 Å². The van der Waals surface area contributed by atoms with Crippen molar-refractivity contribution in [1.82, 2.24) is 10.2 Å². The average Bonchev–Trinajstić information content (AvgIpc) is 3.08. The molecule has 2 heterocycles. The third kappa shape index (κ3) is 6.28. The van der Waals surface area contributed by atoms with E-state index in [4.69, 9.17) is 9.15 Å². The first kappa shape index (κ1) is 22.3. The Bertz CT molecular complexity index is 754. The van der Waals surface area contributed by atoms with Crippen LogP contribution in [-0.2, 0) is 4.79 Å². The number of hydrogen-bond donors (Lipinski definition) is 1. The van der Waals surface area contributed by atoms with Crippen molar-refractivity contribution >= 4 is 18.3 Å². The number of piperidine rings is 1. The summed E-state index contributed by atoms with van der Waals surface area (Å²) in [4.78, 5) is 14.7. The molecule has 3 rings (SSSR count). The normalized spacial score (nSPS) is 16.2. The molecule has 2 aromatic rings. The van der Waals surface area contributed by atoms with Crippen molar-refractivity contribution in [3.05, 3.63) is 53.5 Å². The summed E-state index contributed by atoms with van der Waals surface area (Å²) in [6.45, 7) is 8.85. The van der Waals surface area contributed by atoms with Crippen LogP contribution in [0.5, 0.6) is 5.75 Å². The van der Waals surface area contributed by atoms with E-state index in [-0.39, 0.29) is 31.0 Å². The van der Waals surface area contributed by atoms with Crippen molar-refractivity contribution in [1.29, 1.82) is 0 Å². The van der Waals surface area contributed by atoms with Gasteiger partial charge < -0.3 is 14.5 Å². The first-order chi connectivity index (χ1) is 13.0. The summed E-state index contributed by atoms with van der Waals surface area (Å²) in [6, 6.07) is 11.8. The van der Waals surface area contributed by atoms with Crippen molar-refractivity contribution in [2.75, 3.05) is 26.2 Å². The molecule has 0 bridgehead atoms. The van der Waals surface area contributed by atoms with E-state index in [9.17, 15) is 4.79 Å². The molecule has 1 amide bonds. The first-order valence-corrected chi connectivity index (χ1v) is 9.78. The van der Waals surface area contributed by atoms with Gasteiger partial charge in [-0.3, -0.25) is 9.69 Å². The van der Waals surface area contributed by atoms with E-state index in [2.05, 4.69) is 17.1 Å². The molecule has 154 valence electrons. The van der Waals surface area contributed by atoms with Gasteiger partial charge in [-0.05, 0) is 75.5 Å². The molecule has 1 aromatic heterocycles. The zero-order valence-electron chi connectivity index (χ0n) is 16.9. The van der Waals surface area contributed by atoms with Gasteiger partial charge in [0.25, 0.3) is 5.91 Å². The Kier molecular flexibility index (Phi) is 8.39. The fraction of sp³-hybridized carbons (Fsp3) is 0.500. The Hall–Kier alpha value is -1.98. The number of hydrogen-bond acceptors (Lipinski definition) is 4. The maximum Gasteiger partial charge on any atom is 0.258 e. The van der Waals surface area contributed by atoms with E-state index in [1.54, 1.807) is 0 Å². The molecule has 28 heavy (non-hydrogen) atoms. The molecule has 1 aliphatic rings. The minimum atomic E-state index is -0.116. The second-order valence-corrected chi connectivity index (χ2v) is 7.59. The molecule has 1 aromatic carbocycles. The van der Waals surface area contributed by atoms with Gasteiger partial charge in [-0.15, -0.1) is 12.4 Å². The number of benzene rings is 1. The summed E-state index contributed by atoms with van der Waals surface area (Å²) in [5, 5.41) is 3.02. The maximum atomic E-state index is 12.3. The first-order valence-electron chi connectivity index (χ1n) is 9.78. The van der Waals surface area contributed by atoms with E-state index >= 15 is 0 Å². The average molecular weight is 407 g/mol. The van der Waals surface area contributed by atoms with Gasteiger partial charge in [0.2, 0.25) is 0 Å². The van der Waals surface area contributed by atoms with Crippen LogP contribution in [0.25, 0.3) is 0 Å². The number of nitrogens with zero attached hydrogens (tertiary/aromatic N) is 1. The zero-order chi connectivity index (χ0) is 19.2. The molecule has 0 spiro atoms. The van der Waals surface area contributed by atoms with Crippen LogP contribution in [0.15, 0.2) is 40.8 Å². The highest BCUT2D eigenvalue weighted by molar-refractivity contribution is 5.85. The largest absolute Gasteiger partial charge is 0.484 e. The topological polar surface area (TPSA) is 54.7 Å². The molecule has 6 heteroatoms. The number of carbonyl (C=O) groups is 1. The number of furan rings is 1. The standard InChI is InChI=1S/C22H30N2O3.ClH/c1-16-9-11-24(12-10-16)20(21-8-7-18(3)27-21)14-23-22(25)15-26-19-6-4-5-17(2)13-19;/h4-8,13,16,20H,9-12,14-15H2,1-3H3,(H,23,25);1H. The Morgan fingerprint density at radius 1 is 1.25 bits per heavy atom. The number of halogens is 1. The smallest absolute Gasteiger partial charge is 0.258 e. The molecule has 1 aliphatic heterocycles. The Morgan fingerprint density at radius 3 is 2.64 bits per heavy atom. The van der Waals surface area contributed by atoms with Gasteiger partial charge in [0.1, 0.15) is 17.3 Å². The number of rotatable bonds is 7. The highest BCUT2D eigenvalue weighted by Crippen LogP contribution is 2.27. The molecule has 1 saturated heterocycles. The minimum absolute atomic E-state index is 0. The second kappa shape index (κ2) is 10.5. The van der Waals surface area contributed by atoms with Crippen LogP contribution < -0.4 is 10.1 Å². The van der Waals surface area contributed by atoms with E-state index < -0.39 is 0 Å². The fourth-order valence-corrected chi connectivity index (χ4v) is 3.50. The number of ether oxygens (including phenoxy) is 1. The molecule has 0 radical (unpaired) electrons. The van der Waals surface area contributed by atoms with Crippen LogP contribution >= 0.6 is 12.4 Å². The molecule has 1 fully saturated rings. The predicted octanol–water partition coefficient (Wildman–Crippen LogP) is 4.29. The lowest BCUT2D eigenvalue weighted by atomic mass is 9.97. The van der Waals surface area contributed by atoms with Crippen molar-refractivity contribution in [2.45, 2.75) is 39.7 Å². The quantitative estimate of drug-likeness (QED) is 0.745. The molecular weight excluding hydrogens is 376 g/mol. The van der Waals surface area contributed by atoms with Crippen LogP contribution in [0.1, 0.15) is 42.9 Å². The van der Waals surface area contributed by atoms with Gasteiger partial charge in [-0.25, -0.2) is 0 Å². The lowest BCUT2D eigenvalue weighted by molar-refractivity contribution is -0.123. The Balaban J connectivity index is 0.00000280. The number of aryl methyl sites for hydroxylation is 2. The van der Waals surface area contributed by atoms with Gasteiger partial charge in [0, 0.05) is 6.54 Å². The summed E-state index contributed by atoms with van der Waals surface area (Å²) < 4.78 is 11.5. The molecule has 0 saturated carbocycles. The minimum Gasteiger partial charge on any atom is -0.484 e. The summed E-state index contributed by atoms with van der Waals surface area (Å²) in [7, 11) is 0. The number of likely N-dealkylation sites (tertiary alicyclic amines) is 1. The van der Waals surface area contributed by atoms with E-state index in [0.717, 1.165) is 36.1 Å². The van der Waals surface area contributed by atoms with Gasteiger partial charge in [-0.2, -0.15) is 0 Å². The lowest BCUT2D eigenvalue weighted by Gasteiger charge is -2.35. The summed E-state index contributed by atoms with van der Waals surface area (Å²) >= 11 is 0. The third-order valence-electron chi connectivity index (χ3n) is 5.20. The summed E-state index contributed by atoms with van der Waals surface area (Å²) in [6.07, 6.45) is 2.36. The SMILES string of the molecule is Cc1cccc(OCC(=O)NCC(c2ccc(C)o2)N2CCC(C)CC2)c1.Cl. The van der Waals surface area contributed by atoms with Crippen LogP contribution in [0.4, 0.5) is 0 Å². The van der Waals surface area contributed by atoms with Crippen LogP contribution in [0, 0.1) is 19.8 Å². The van der Waals surface area contributed by atoms with Gasteiger partial charge >= 0.3 is 0 Å². The van der Waals surface area contributed by atoms with E-state index in [1.807, 2.05) is 50.2 Å². The monoisotopic (exact) mass is 406 g/mol. The van der Waals surface area contributed by atoms with E-state index in [1.165, 1.54) is 12.8 Å². The number of nitrogens with one attached hydrogen (secondary N) is 1. The highest BCUT2D eigenvalue weighted by Gasteiger charge is 2.27. The van der Waals surface area contributed by atoms with Gasteiger partial charge in [0.05, 0.1) is 6.04 Å². The molecule has 5 nitrogen and oxygen atoms in total. The fourth-order valence-electron chi connectivity index (χ4n) is 3.50. The Morgan fingerprint density at radius 2 is 2.00 bits per heavy atom. The van der Waals surface area contributed by atoms with Gasteiger partial charge in [-0.1, -0.05) is 19.1 Å². The number of carbonyl (C=O) groups excluding carboxylic acids is 1. The van der Waals surface area contributed by atoms with E-state index in [0.29, 0.717) is 12.3 Å².